The molecule has 0 amide bonds. The van der Waals surface area contributed by atoms with Gasteiger partial charge in [0.25, 0.3) is 0 Å². The first-order chi connectivity index (χ1) is 10.2. The van der Waals surface area contributed by atoms with E-state index in [1.165, 1.54) is 11.1 Å². The average molecular weight is 319 g/mol. The van der Waals surface area contributed by atoms with Crippen molar-refractivity contribution in [2.45, 2.75) is 19.9 Å². The number of rotatable bonds is 4. The molecule has 0 spiro atoms. The summed E-state index contributed by atoms with van der Waals surface area (Å²) in [5, 5.41) is 0.708. The first kappa shape index (κ1) is 14.4. The maximum absolute atomic E-state index is 6.06. The van der Waals surface area contributed by atoms with Crippen LogP contribution in [0.25, 0.3) is 11.0 Å². The first-order valence-corrected chi connectivity index (χ1v) is 7.85. The predicted octanol–water partition coefficient (Wildman–Crippen LogP) is 4.83. The van der Waals surface area contributed by atoms with Gasteiger partial charge >= 0.3 is 0 Å². The minimum atomic E-state index is 0.560. The molecule has 0 radical (unpaired) electrons. The van der Waals surface area contributed by atoms with E-state index in [9.17, 15) is 0 Å². The Morgan fingerprint density at radius 2 is 2.00 bits per heavy atom. The highest BCUT2D eigenvalue weighted by Gasteiger charge is 2.11. The van der Waals surface area contributed by atoms with Gasteiger partial charge < -0.3 is 4.57 Å². The zero-order valence-corrected chi connectivity index (χ0v) is 13.3. The summed E-state index contributed by atoms with van der Waals surface area (Å²) in [4.78, 5) is 4.68. The van der Waals surface area contributed by atoms with Crippen LogP contribution in [0.3, 0.4) is 0 Å². The molecular weight excluding hydrogens is 303 g/mol. The summed E-state index contributed by atoms with van der Waals surface area (Å²) in [6.07, 6.45) is 0.750. The highest BCUT2D eigenvalue weighted by molar-refractivity contribution is 6.31. The third kappa shape index (κ3) is 3.07. The minimum absolute atomic E-state index is 0.560. The Kier molecular flexibility index (Phi) is 4.18. The zero-order chi connectivity index (χ0) is 14.8. The SMILES string of the molecule is Cc1cccc(Cn2c(CCCl)nc3cc(Cl)ccc32)c1. The second-order valence-corrected chi connectivity index (χ2v) is 5.99. The molecule has 0 saturated carbocycles. The molecule has 108 valence electrons. The summed E-state index contributed by atoms with van der Waals surface area (Å²) in [7, 11) is 0. The van der Waals surface area contributed by atoms with Crippen molar-refractivity contribution < 1.29 is 0 Å². The monoisotopic (exact) mass is 318 g/mol. The molecule has 0 aliphatic heterocycles. The Morgan fingerprint density at radius 1 is 1.14 bits per heavy atom. The largest absolute Gasteiger partial charge is 0.323 e. The first-order valence-electron chi connectivity index (χ1n) is 6.93. The number of alkyl halides is 1. The average Bonchev–Trinajstić information content (AvgIpc) is 2.76. The summed E-state index contributed by atoms with van der Waals surface area (Å²) >= 11 is 12.0. The maximum atomic E-state index is 6.06. The van der Waals surface area contributed by atoms with Gasteiger partial charge in [-0.2, -0.15) is 0 Å². The highest BCUT2D eigenvalue weighted by atomic mass is 35.5. The van der Waals surface area contributed by atoms with Crippen molar-refractivity contribution in [3.05, 3.63) is 64.4 Å². The molecule has 0 aliphatic rings. The van der Waals surface area contributed by atoms with E-state index in [0.717, 1.165) is 29.8 Å². The fourth-order valence-electron chi connectivity index (χ4n) is 2.60. The van der Waals surface area contributed by atoms with Crippen LogP contribution in [0, 0.1) is 6.92 Å². The van der Waals surface area contributed by atoms with Gasteiger partial charge in [0.1, 0.15) is 5.82 Å². The van der Waals surface area contributed by atoms with E-state index >= 15 is 0 Å². The fraction of sp³-hybridized carbons (Fsp3) is 0.235. The number of halogens is 2. The van der Waals surface area contributed by atoms with Gasteiger partial charge in [-0.3, -0.25) is 0 Å². The van der Waals surface area contributed by atoms with Crippen molar-refractivity contribution in [3.8, 4) is 0 Å². The molecule has 4 heteroatoms. The molecule has 0 N–H and O–H groups in total. The standard InChI is InChI=1S/C17H16Cl2N2/c1-12-3-2-4-13(9-12)11-21-16-6-5-14(19)10-15(16)20-17(21)7-8-18/h2-6,9-10H,7-8,11H2,1H3. The van der Waals surface area contributed by atoms with Crippen LogP contribution in [0.4, 0.5) is 0 Å². The smallest absolute Gasteiger partial charge is 0.111 e. The van der Waals surface area contributed by atoms with Crippen molar-refractivity contribution >= 4 is 34.2 Å². The quantitative estimate of drug-likeness (QED) is 0.630. The van der Waals surface area contributed by atoms with Crippen molar-refractivity contribution in [1.29, 1.82) is 0 Å². The van der Waals surface area contributed by atoms with Crippen molar-refractivity contribution in [1.82, 2.24) is 9.55 Å². The summed E-state index contributed by atoms with van der Waals surface area (Å²) in [6, 6.07) is 14.4. The Labute approximate surface area is 134 Å². The molecule has 0 saturated heterocycles. The Balaban J connectivity index is 2.08. The second kappa shape index (κ2) is 6.08. The number of aryl methyl sites for hydroxylation is 2. The van der Waals surface area contributed by atoms with Gasteiger partial charge in [0, 0.05) is 23.9 Å². The van der Waals surface area contributed by atoms with Gasteiger partial charge in [0.2, 0.25) is 0 Å². The van der Waals surface area contributed by atoms with Gasteiger partial charge in [0.05, 0.1) is 11.0 Å². The Bertz CT molecular complexity index is 778. The van der Waals surface area contributed by atoms with Crippen LogP contribution in [0.5, 0.6) is 0 Å². The van der Waals surface area contributed by atoms with E-state index in [2.05, 4.69) is 40.7 Å². The van der Waals surface area contributed by atoms with Crippen LogP contribution in [-0.4, -0.2) is 15.4 Å². The topological polar surface area (TPSA) is 17.8 Å². The molecule has 1 heterocycles. The van der Waals surface area contributed by atoms with E-state index in [0.29, 0.717) is 10.9 Å². The molecule has 2 aromatic carbocycles. The lowest BCUT2D eigenvalue weighted by atomic mass is 10.1. The molecule has 0 bridgehead atoms. The Hall–Kier alpha value is -1.51. The van der Waals surface area contributed by atoms with Gasteiger partial charge in [0.15, 0.2) is 0 Å². The predicted molar refractivity (Wildman–Crippen MR) is 89.4 cm³/mol. The lowest BCUT2D eigenvalue weighted by Gasteiger charge is -2.09. The van der Waals surface area contributed by atoms with Crippen LogP contribution < -0.4 is 0 Å². The lowest BCUT2D eigenvalue weighted by molar-refractivity contribution is 0.754. The van der Waals surface area contributed by atoms with Gasteiger partial charge in [-0.1, -0.05) is 41.4 Å². The summed E-state index contributed by atoms with van der Waals surface area (Å²) in [6.45, 7) is 2.90. The van der Waals surface area contributed by atoms with E-state index in [1.807, 2.05) is 18.2 Å². The lowest BCUT2D eigenvalue weighted by Crippen LogP contribution is -2.06. The summed E-state index contributed by atoms with van der Waals surface area (Å²) in [5.41, 5.74) is 4.55. The van der Waals surface area contributed by atoms with Crippen LogP contribution >= 0.6 is 23.2 Å². The number of benzene rings is 2. The number of nitrogens with zero attached hydrogens (tertiary/aromatic N) is 2. The van der Waals surface area contributed by atoms with Gasteiger partial charge in [-0.05, 0) is 30.7 Å². The van der Waals surface area contributed by atoms with E-state index in [-0.39, 0.29) is 0 Å². The Morgan fingerprint density at radius 3 is 2.76 bits per heavy atom. The number of hydrogen-bond donors (Lipinski definition) is 0. The van der Waals surface area contributed by atoms with Crippen LogP contribution in [0.2, 0.25) is 5.02 Å². The van der Waals surface area contributed by atoms with E-state index in [1.54, 1.807) is 0 Å². The maximum Gasteiger partial charge on any atom is 0.111 e. The van der Waals surface area contributed by atoms with Crippen LogP contribution in [0.15, 0.2) is 42.5 Å². The van der Waals surface area contributed by atoms with E-state index < -0.39 is 0 Å². The third-order valence-electron chi connectivity index (χ3n) is 3.53. The number of fused-ring (bicyclic) bond motifs is 1. The minimum Gasteiger partial charge on any atom is -0.323 e. The highest BCUT2D eigenvalue weighted by Crippen LogP contribution is 2.22. The summed E-state index contributed by atoms with van der Waals surface area (Å²) in [5.74, 6) is 1.56. The van der Waals surface area contributed by atoms with Gasteiger partial charge in [-0.25, -0.2) is 4.98 Å². The van der Waals surface area contributed by atoms with Crippen molar-refractivity contribution in [2.24, 2.45) is 0 Å². The van der Waals surface area contributed by atoms with Gasteiger partial charge in [-0.15, -0.1) is 11.6 Å². The van der Waals surface area contributed by atoms with Crippen molar-refractivity contribution in [2.75, 3.05) is 5.88 Å². The molecule has 3 rings (SSSR count). The number of aromatic nitrogens is 2. The number of hydrogen-bond acceptors (Lipinski definition) is 1. The normalized spacial score (nSPS) is 11.2. The molecule has 2 nitrogen and oxygen atoms in total. The van der Waals surface area contributed by atoms with Crippen LogP contribution in [-0.2, 0) is 13.0 Å². The fourth-order valence-corrected chi connectivity index (χ4v) is 2.93. The molecule has 1 aromatic heterocycles. The zero-order valence-electron chi connectivity index (χ0n) is 11.8. The molecule has 0 aliphatic carbocycles. The molecule has 3 aromatic rings. The molecular formula is C17H16Cl2N2. The second-order valence-electron chi connectivity index (χ2n) is 5.18. The molecule has 21 heavy (non-hydrogen) atoms. The summed E-state index contributed by atoms with van der Waals surface area (Å²) < 4.78 is 2.23. The molecule has 0 atom stereocenters. The number of imidazole rings is 1. The van der Waals surface area contributed by atoms with E-state index in [4.69, 9.17) is 23.2 Å². The van der Waals surface area contributed by atoms with Crippen molar-refractivity contribution in [3.63, 3.8) is 0 Å². The molecule has 0 fully saturated rings. The molecule has 0 unspecified atom stereocenters. The third-order valence-corrected chi connectivity index (χ3v) is 3.95. The van der Waals surface area contributed by atoms with Crippen LogP contribution in [0.1, 0.15) is 17.0 Å².